The summed E-state index contributed by atoms with van der Waals surface area (Å²) in [4.78, 5) is 4.40. The van der Waals surface area contributed by atoms with Crippen LogP contribution in [0.3, 0.4) is 0 Å². The van der Waals surface area contributed by atoms with Crippen molar-refractivity contribution in [3.8, 4) is 5.75 Å². The van der Waals surface area contributed by atoms with E-state index in [4.69, 9.17) is 4.74 Å². The second-order valence-corrected chi connectivity index (χ2v) is 7.34. The number of nitrogens with one attached hydrogen (secondary N) is 1. The average molecular weight is 396 g/mol. The molecule has 0 bridgehead atoms. The molecule has 5 nitrogen and oxygen atoms in total. The summed E-state index contributed by atoms with van der Waals surface area (Å²) in [6.07, 6.45) is 1.21. The molecule has 2 aliphatic rings. The van der Waals surface area contributed by atoms with Crippen LogP contribution in [0.1, 0.15) is 28.8 Å². The highest BCUT2D eigenvalue weighted by Gasteiger charge is 2.40. The van der Waals surface area contributed by atoms with Crippen LogP contribution < -0.4 is 10.1 Å². The molecule has 1 aromatic heterocycles. The maximum Gasteiger partial charge on any atom is 0.226 e. The van der Waals surface area contributed by atoms with Crippen molar-refractivity contribution in [3.05, 3.63) is 113 Å². The first-order valence-electron chi connectivity index (χ1n) is 9.76. The maximum atomic E-state index is 13.7. The lowest BCUT2D eigenvalue weighted by molar-refractivity contribution is 0.223. The number of hydrogen-bond donors (Lipinski definition) is 1. The van der Waals surface area contributed by atoms with Crippen LogP contribution >= 0.6 is 0 Å². The van der Waals surface area contributed by atoms with Gasteiger partial charge in [0.1, 0.15) is 30.0 Å². The molecule has 146 valence electrons. The van der Waals surface area contributed by atoms with Crippen molar-refractivity contribution in [1.82, 2.24) is 14.8 Å². The van der Waals surface area contributed by atoms with E-state index in [9.17, 15) is 4.39 Å². The molecule has 0 amide bonds. The minimum Gasteiger partial charge on any atom is -0.480 e. The molecule has 4 aromatic rings. The molecule has 6 heteroatoms. The lowest BCUT2D eigenvalue weighted by Crippen LogP contribution is -2.32. The monoisotopic (exact) mass is 396 g/mol. The Labute approximate surface area is 172 Å². The molecular weight excluding hydrogens is 379 g/mol. The number of halogens is 1. The van der Waals surface area contributed by atoms with Crippen molar-refractivity contribution in [1.29, 1.82) is 0 Å². The van der Waals surface area contributed by atoms with Gasteiger partial charge in [0.25, 0.3) is 0 Å². The normalized spacial score (nSPS) is 19.2. The minimum absolute atomic E-state index is 0.273. The molecule has 0 saturated carbocycles. The third kappa shape index (κ3) is 2.54. The predicted octanol–water partition coefficient (Wildman–Crippen LogP) is 4.98. The lowest BCUT2D eigenvalue weighted by atomic mass is 9.84. The van der Waals surface area contributed by atoms with Gasteiger partial charge in [0, 0.05) is 11.1 Å². The van der Waals surface area contributed by atoms with Gasteiger partial charge in [0.05, 0.1) is 5.70 Å². The highest BCUT2D eigenvalue weighted by Crippen LogP contribution is 2.50. The van der Waals surface area contributed by atoms with E-state index in [0.29, 0.717) is 5.95 Å². The van der Waals surface area contributed by atoms with Gasteiger partial charge in [-0.05, 0) is 35.4 Å². The number of rotatable bonds is 2. The molecule has 0 radical (unpaired) electrons. The van der Waals surface area contributed by atoms with Gasteiger partial charge in [-0.15, -0.1) is 0 Å². The highest BCUT2D eigenvalue weighted by molar-refractivity contribution is 5.85. The van der Waals surface area contributed by atoms with Crippen molar-refractivity contribution in [3.63, 3.8) is 0 Å². The van der Waals surface area contributed by atoms with Crippen molar-refractivity contribution < 1.29 is 9.13 Å². The van der Waals surface area contributed by atoms with Crippen LogP contribution in [0.25, 0.3) is 5.70 Å². The third-order valence-electron chi connectivity index (χ3n) is 5.61. The quantitative estimate of drug-likeness (QED) is 0.519. The van der Waals surface area contributed by atoms with Crippen LogP contribution in [0.4, 0.5) is 10.3 Å². The molecule has 2 atom stereocenters. The van der Waals surface area contributed by atoms with Crippen LogP contribution in [0.2, 0.25) is 0 Å². The van der Waals surface area contributed by atoms with E-state index in [1.54, 1.807) is 12.1 Å². The van der Waals surface area contributed by atoms with Crippen LogP contribution in [0.15, 0.2) is 90.8 Å². The second kappa shape index (κ2) is 6.56. The summed E-state index contributed by atoms with van der Waals surface area (Å²) >= 11 is 0. The van der Waals surface area contributed by atoms with Crippen LogP contribution in [-0.2, 0) is 0 Å². The van der Waals surface area contributed by atoms with Crippen LogP contribution in [0.5, 0.6) is 5.75 Å². The Morgan fingerprint density at radius 1 is 0.867 bits per heavy atom. The first-order valence-corrected chi connectivity index (χ1v) is 9.76. The van der Waals surface area contributed by atoms with E-state index < -0.39 is 0 Å². The number of aromatic nitrogens is 3. The van der Waals surface area contributed by atoms with Gasteiger partial charge in [-0.1, -0.05) is 54.6 Å². The summed E-state index contributed by atoms with van der Waals surface area (Å²) in [6.45, 7) is 0. The van der Waals surface area contributed by atoms with E-state index >= 15 is 0 Å². The molecule has 0 spiro atoms. The zero-order chi connectivity index (χ0) is 20.1. The Bertz CT molecular complexity index is 1260. The Kier molecular flexibility index (Phi) is 3.71. The molecule has 0 aliphatic carbocycles. The van der Waals surface area contributed by atoms with Gasteiger partial charge in [0.2, 0.25) is 5.95 Å². The topological polar surface area (TPSA) is 52.0 Å². The molecule has 30 heavy (non-hydrogen) atoms. The molecule has 0 saturated heterocycles. The Morgan fingerprint density at radius 2 is 1.63 bits per heavy atom. The van der Waals surface area contributed by atoms with E-state index in [0.717, 1.165) is 33.7 Å². The predicted molar refractivity (Wildman–Crippen MR) is 111 cm³/mol. The number of ether oxygens (including phenoxy) is 1. The van der Waals surface area contributed by atoms with Gasteiger partial charge in [-0.2, -0.15) is 10.1 Å². The number of nitrogens with zero attached hydrogens (tertiary/aromatic N) is 3. The summed E-state index contributed by atoms with van der Waals surface area (Å²) in [5.74, 6) is 1.18. The third-order valence-corrected chi connectivity index (χ3v) is 5.61. The summed E-state index contributed by atoms with van der Waals surface area (Å²) < 4.78 is 22.0. The Morgan fingerprint density at radius 3 is 2.47 bits per heavy atom. The molecule has 2 aliphatic heterocycles. The Balaban J connectivity index is 1.63. The fourth-order valence-corrected chi connectivity index (χ4v) is 4.29. The first-order chi connectivity index (χ1) is 14.8. The highest BCUT2D eigenvalue weighted by atomic mass is 19.1. The fourth-order valence-electron chi connectivity index (χ4n) is 4.29. The standard InChI is InChI=1S/C24H17FN4O/c25-17-12-10-15(11-13-17)22-20-21(28-24-26-14-27-29(22)24)18-8-4-5-9-19(18)30-23(20)16-6-2-1-3-7-16/h1-14,22-23H,(H,26,27,28)/t22-,23+/m0/s1. The first kappa shape index (κ1) is 17.0. The summed E-state index contributed by atoms with van der Waals surface area (Å²) in [5.41, 5.74) is 4.91. The summed E-state index contributed by atoms with van der Waals surface area (Å²) in [6, 6.07) is 24.3. The van der Waals surface area contributed by atoms with Crippen LogP contribution in [0, 0.1) is 5.82 Å². The van der Waals surface area contributed by atoms with Crippen molar-refractivity contribution in [2.75, 3.05) is 5.32 Å². The van der Waals surface area contributed by atoms with E-state index in [1.165, 1.54) is 18.5 Å². The molecule has 3 aromatic carbocycles. The number of fused-ring (bicyclic) bond motifs is 3. The minimum atomic E-state index is -0.323. The van der Waals surface area contributed by atoms with Gasteiger partial charge < -0.3 is 10.1 Å². The SMILES string of the molecule is Fc1ccc([C@H]2C3=C(Nc4ncnn42)c2ccccc2O[C@@H]3c2ccccc2)cc1. The van der Waals surface area contributed by atoms with E-state index in [-0.39, 0.29) is 18.0 Å². The molecule has 0 unspecified atom stereocenters. The average Bonchev–Trinajstić information content (AvgIpc) is 3.27. The second-order valence-electron chi connectivity index (χ2n) is 7.34. The summed E-state index contributed by atoms with van der Waals surface area (Å²) in [5, 5.41) is 7.93. The zero-order valence-corrected chi connectivity index (χ0v) is 15.9. The molecule has 3 heterocycles. The fraction of sp³-hybridized carbons (Fsp3) is 0.0833. The van der Waals surface area contributed by atoms with E-state index in [1.807, 2.05) is 47.1 Å². The number of para-hydroxylation sites is 1. The largest absolute Gasteiger partial charge is 0.480 e. The molecular formula is C24H17FN4O. The molecule has 1 N–H and O–H groups in total. The zero-order valence-electron chi connectivity index (χ0n) is 15.9. The smallest absolute Gasteiger partial charge is 0.226 e. The van der Waals surface area contributed by atoms with Crippen molar-refractivity contribution in [2.45, 2.75) is 12.1 Å². The van der Waals surface area contributed by atoms with Gasteiger partial charge in [0.15, 0.2) is 0 Å². The molecule has 6 rings (SSSR count). The van der Waals surface area contributed by atoms with Crippen molar-refractivity contribution in [2.24, 2.45) is 0 Å². The van der Waals surface area contributed by atoms with Gasteiger partial charge in [-0.3, -0.25) is 0 Å². The van der Waals surface area contributed by atoms with Gasteiger partial charge >= 0.3 is 0 Å². The number of hydrogen-bond acceptors (Lipinski definition) is 4. The Hall–Kier alpha value is -3.93. The number of anilines is 1. The lowest BCUT2D eigenvalue weighted by Gasteiger charge is -2.38. The van der Waals surface area contributed by atoms with Gasteiger partial charge in [-0.25, -0.2) is 9.07 Å². The van der Waals surface area contributed by atoms with E-state index in [2.05, 4.69) is 27.5 Å². The van der Waals surface area contributed by atoms with Crippen LogP contribution in [-0.4, -0.2) is 14.8 Å². The maximum absolute atomic E-state index is 13.7. The summed E-state index contributed by atoms with van der Waals surface area (Å²) in [7, 11) is 0. The van der Waals surface area contributed by atoms with Crippen molar-refractivity contribution >= 4 is 11.6 Å². The molecule has 0 fully saturated rings. The number of benzene rings is 3.